The van der Waals surface area contributed by atoms with E-state index in [-0.39, 0.29) is 17.4 Å². The van der Waals surface area contributed by atoms with Crippen molar-refractivity contribution in [2.24, 2.45) is 5.92 Å². The molecular weight excluding hydrogens is 504 g/mol. The minimum Gasteiger partial charge on any atom is -0.461 e. The summed E-state index contributed by atoms with van der Waals surface area (Å²) in [5, 5.41) is 1.42. The van der Waals surface area contributed by atoms with E-state index in [0.29, 0.717) is 6.61 Å². The second kappa shape index (κ2) is 20.7. The van der Waals surface area contributed by atoms with E-state index >= 15 is 0 Å². The Morgan fingerprint density at radius 1 is 0.725 bits per heavy atom. The number of esters is 1. The Bertz CT molecular complexity index is 922. The summed E-state index contributed by atoms with van der Waals surface area (Å²) >= 11 is 0. The molecule has 0 amide bonds. The lowest BCUT2D eigenvalue weighted by Gasteiger charge is -2.36. The standard InChI is InChI=1S/C37H58O2Si/c1-5-7-9-11-12-13-14-15-16-17-25-31-36(40(3,4)34-28-22-19-23-29-34)35(30-24-10-8-6-2)37(38)39-32-33-26-20-18-21-27-33/h18-23,25-29,31,35-36H,5-17,24,30,32H2,1-4H3/b31-25-/t35-,36-/m0/s1. The average Bonchev–Trinajstić information content (AvgIpc) is 2.98. The van der Waals surface area contributed by atoms with Gasteiger partial charge >= 0.3 is 5.97 Å². The molecule has 0 aliphatic rings. The molecule has 0 saturated carbocycles. The lowest BCUT2D eigenvalue weighted by atomic mass is 9.96. The lowest BCUT2D eigenvalue weighted by molar-refractivity contribution is -0.150. The number of carbonyl (C=O) groups excluding carboxylic acids is 1. The minimum atomic E-state index is -2.00. The minimum absolute atomic E-state index is 0.0189. The van der Waals surface area contributed by atoms with Gasteiger partial charge in [0.05, 0.1) is 14.0 Å². The average molecular weight is 563 g/mol. The summed E-state index contributed by atoms with van der Waals surface area (Å²) in [6, 6.07) is 21.0. The van der Waals surface area contributed by atoms with Crippen LogP contribution in [0.1, 0.15) is 116 Å². The van der Waals surface area contributed by atoms with Gasteiger partial charge in [0.25, 0.3) is 0 Å². The highest BCUT2D eigenvalue weighted by atomic mass is 28.3. The van der Waals surface area contributed by atoms with Gasteiger partial charge in [-0.2, -0.15) is 0 Å². The third-order valence-corrected chi connectivity index (χ3v) is 12.6. The van der Waals surface area contributed by atoms with Crippen LogP contribution in [0.3, 0.4) is 0 Å². The Kier molecular flexibility index (Phi) is 17.6. The monoisotopic (exact) mass is 562 g/mol. The number of unbranched alkanes of at least 4 members (excludes halogenated alkanes) is 12. The predicted octanol–water partition coefficient (Wildman–Crippen LogP) is 10.8. The second-order valence-corrected chi connectivity index (χ2v) is 16.9. The number of hydrogen-bond acceptors (Lipinski definition) is 2. The van der Waals surface area contributed by atoms with Crippen LogP contribution in [0.25, 0.3) is 0 Å². The van der Waals surface area contributed by atoms with Crippen molar-refractivity contribution >= 4 is 19.2 Å². The van der Waals surface area contributed by atoms with Gasteiger partial charge in [0, 0.05) is 0 Å². The van der Waals surface area contributed by atoms with Crippen molar-refractivity contribution in [1.82, 2.24) is 0 Å². The predicted molar refractivity (Wildman–Crippen MR) is 177 cm³/mol. The molecule has 0 radical (unpaired) electrons. The van der Waals surface area contributed by atoms with E-state index in [2.05, 4.69) is 69.4 Å². The van der Waals surface area contributed by atoms with Crippen molar-refractivity contribution in [2.45, 2.75) is 135 Å². The molecule has 2 atom stereocenters. The van der Waals surface area contributed by atoms with E-state index in [1.54, 1.807) is 0 Å². The van der Waals surface area contributed by atoms with Gasteiger partial charge in [-0.25, -0.2) is 0 Å². The van der Waals surface area contributed by atoms with Crippen molar-refractivity contribution in [3.05, 3.63) is 78.4 Å². The van der Waals surface area contributed by atoms with Gasteiger partial charge in [0.15, 0.2) is 0 Å². The zero-order valence-corrected chi connectivity index (χ0v) is 27.2. The zero-order valence-electron chi connectivity index (χ0n) is 26.2. The van der Waals surface area contributed by atoms with Gasteiger partial charge in [-0.15, -0.1) is 0 Å². The van der Waals surface area contributed by atoms with E-state index in [0.717, 1.165) is 24.8 Å². The largest absolute Gasteiger partial charge is 0.461 e. The van der Waals surface area contributed by atoms with Gasteiger partial charge in [-0.3, -0.25) is 4.79 Å². The van der Waals surface area contributed by atoms with E-state index in [9.17, 15) is 4.79 Å². The van der Waals surface area contributed by atoms with Crippen LogP contribution in [0.2, 0.25) is 18.6 Å². The van der Waals surface area contributed by atoms with Crippen LogP contribution in [-0.2, 0) is 16.1 Å². The van der Waals surface area contributed by atoms with Crippen molar-refractivity contribution in [1.29, 1.82) is 0 Å². The molecule has 2 nitrogen and oxygen atoms in total. The summed E-state index contributed by atoms with van der Waals surface area (Å²) in [5.41, 5.74) is 1.27. The van der Waals surface area contributed by atoms with Gasteiger partial charge in [-0.05, 0) is 30.4 Å². The topological polar surface area (TPSA) is 26.3 Å². The summed E-state index contributed by atoms with van der Waals surface area (Å²) in [7, 11) is -2.00. The number of allylic oxidation sites excluding steroid dienone is 2. The highest BCUT2D eigenvalue weighted by Gasteiger charge is 2.40. The van der Waals surface area contributed by atoms with Crippen LogP contribution in [0.15, 0.2) is 72.8 Å². The molecule has 0 bridgehead atoms. The highest BCUT2D eigenvalue weighted by Crippen LogP contribution is 2.36. The first kappa shape index (κ1) is 34.1. The fourth-order valence-electron chi connectivity index (χ4n) is 5.82. The molecule has 0 saturated heterocycles. The molecule has 2 aromatic carbocycles. The normalized spacial score (nSPS) is 13.4. The third-order valence-electron chi connectivity index (χ3n) is 8.50. The fourth-order valence-corrected chi connectivity index (χ4v) is 9.19. The molecule has 0 aliphatic carbocycles. The molecule has 0 aliphatic heterocycles. The Morgan fingerprint density at radius 3 is 1.85 bits per heavy atom. The van der Waals surface area contributed by atoms with Crippen LogP contribution in [0.4, 0.5) is 0 Å². The quantitative estimate of drug-likeness (QED) is 0.0617. The molecule has 0 heterocycles. The first-order chi connectivity index (χ1) is 19.5. The first-order valence-corrected chi connectivity index (χ1v) is 19.5. The van der Waals surface area contributed by atoms with Crippen molar-refractivity contribution in [3.8, 4) is 0 Å². The van der Waals surface area contributed by atoms with E-state index in [4.69, 9.17) is 4.74 Å². The fraction of sp³-hybridized carbons (Fsp3) is 0.595. The molecule has 0 unspecified atom stereocenters. The molecular formula is C37H58O2Si. The van der Waals surface area contributed by atoms with Crippen LogP contribution in [0, 0.1) is 5.92 Å². The molecule has 0 aromatic heterocycles. The molecule has 222 valence electrons. The number of benzene rings is 2. The SMILES string of the molecule is CCCCCCCCCCC/C=C\[C@@H]([C@H](CCCCCC)C(=O)OCc1ccccc1)[Si](C)(C)c1ccccc1. The Hall–Kier alpha value is -2.13. The maximum atomic E-state index is 13.8. The molecule has 0 fully saturated rings. The van der Waals surface area contributed by atoms with E-state index in [1.165, 1.54) is 82.2 Å². The number of ether oxygens (including phenoxy) is 1. The Balaban J connectivity index is 2.11. The van der Waals surface area contributed by atoms with Crippen LogP contribution in [0.5, 0.6) is 0 Å². The summed E-state index contributed by atoms with van der Waals surface area (Å²) in [5.74, 6) is -0.114. The van der Waals surface area contributed by atoms with Crippen LogP contribution in [-0.4, -0.2) is 14.0 Å². The van der Waals surface area contributed by atoms with Crippen LogP contribution >= 0.6 is 0 Å². The summed E-state index contributed by atoms with van der Waals surface area (Å²) < 4.78 is 6.02. The highest BCUT2D eigenvalue weighted by molar-refractivity contribution is 6.91. The van der Waals surface area contributed by atoms with Gasteiger partial charge < -0.3 is 4.74 Å². The van der Waals surface area contributed by atoms with Crippen LogP contribution < -0.4 is 5.19 Å². The van der Waals surface area contributed by atoms with Gasteiger partial charge in [0.1, 0.15) is 6.61 Å². The van der Waals surface area contributed by atoms with Gasteiger partial charge in [0.2, 0.25) is 0 Å². The Morgan fingerprint density at radius 2 is 1.25 bits per heavy atom. The summed E-state index contributed by atoms with van der Waals surface area (Å²) in [4.78, 5) is 13.8. The number of rotatable bonds is 22. The maximum Gasteiger partial charge on any atom is 0.309 e. The van der Waals surface area contributed by atoms with Gasteiger partial charge in [-0.1, -0.05) is 182 Å². The Labute approximate surface area is 248 Å². The molecule has 0 spiro atoms. The molecule has 3 heteroatoms. The van der Waals surface area contributed by atoms with Crippen molar-refractivity contribution in [3.63, 3.8) is 0 Å². The third kappa shape index (κ3) is 13.0. The summed E-state index contributed by atoms with van der Waals surface area (Å²) in [6.45, 7) is 9.77. The lowest BCUT2D eigenvalue weighted by Crippen LogP contribution is -2.49. The first-order valence-electron chi connectivity index (χ1n) is 16.4. The summed E-state index contributed by atoms with van der Waals surface area (Å²) in [6.07, 6.45) is 23.7. The smallest absolute Gasteiger partial charge is 0.309 e. The number of hydrogen-bond donors (Lipinski definition) is 0. The molecule has 0 N–H and O–H groups in total. The van der Waals surface area contributed by atoms with E-state index < -0.39 is 8.07 Å². The van der Waals surface area contributed by atoms with Crippen molar-refractivity contribution in [2.75, 3.05) is 0 Å². The molecule has 2 rings (SSSR count). The second-order valence-electron chi connectivity index (χ2n) is 12.2. The van der Waals surface area contributed by atoms with E-state index in [1.807, 2.05) is 30.3 Å². The molecule has 40 heavy (non-hydrogen) atoms. The van der Waals surface area contributed by atoms with Crippen molar-refractivity contribution < 1.29 is 9.53 Å². The molecule has 2 aromatic rings. The number of carbonyl (C=O) groups is 1. The zero-order chi connectivity index (χ0) is 28.9. The maximum absolute atomic E-state index is 13.8.